The van der Waals surface area contributed by atoms with E-state index in [9.17, 15) is 4.79 Å². The van der Waals surface area contributed by atoms with Gasteiger partial charge in [-0.3, -0.25) is 4.79 Å². The summed E-state index contributed by atoms with van der Waals surface area (Å²) in [7, 11) is 1.65. The van der Waals surface area contributed by atoms with E-state index in [1.807, 2.05) is 78.9 Å². The summed E-state index contributed by atoms with van der Waals surface area (Å²) in [6, 6.07) is 25.4. The summed E-state index contributed by atoms with van der Waals surface area (Å²) < 4.78 is 10.9. The van der Waals surface area contributed by atoms with Gasteiger partial charge < -0.3 is 14.5 Å². The van der Waals surface area contributed by atoms with Crippen LogP contribution < -0.4 is 10.1 Å². The fourth-order valence-corrected chi connectivity index (χ4v) is 3.88. The van der Waals surface area contributed by atoms with Gasteiger partial charge in [0.15, 0.2) is 0 Å². The van der Waals surface area contributed by atoms with Crippen LogP contribution in [0.15, 0.2) is 93.1 Å². The normalized spacial score (nSPS) is 10.7. The number of hydrogen-bond donors (Lipinski definition) is 1. The Balaban J connectivity index is 1.22. The van der Waals surface area contributed by atoms with Gasteiger partial charge in [0.05, 0.1) is 7.11 Å². The number of ether oxygens (including phenoxy) is 1. The summed E-state index contributed by atoms with van der Waals surface area (Å²) in [5.74, 6) is 1.83. The fraction of sp³-hybridized carbons (Fsp3) is 0.160. The number of aryl methyl sites for hydroxylation is 1. The number of anilines is 1. The van der Waals surface area contributed by atoms with Gasteiger partial charge in [-0.2, -0.15) is 0 Å². The number of carbonyl (C=O) groups is 1. The molecule has 32 heavy (non-hydrogen) atoms. The molecular formula is C25H23N3O3S. The van der Waals surface area contributed by atoms with E-state index >= 15 is 0 Å². The number of carbonyl (C=O) groups excluding carboxylic acids is 1. The van der Waals surface area contributed by atoms with E-state index in [0.717, 1.165) is 26.8 Å². The van der Waals surface area contributed by atoms with Crippen LogP contribution in [0.1, 0.15) is 18.7 Å². The third kappa shape index (κ3) is 5.98. The first-order valence-electron chi connectivity index (χ1n) is 10.3. The van der Waals surface area contributed by atoms with Crippen LogP contribution in [0.5, 0.6) is 5.75 Å². The Kier molecular flexibility index (Phi) is 7.19. The predicted octanol–water partition coefficient (Wildman–Crippen LogP) is 5.86. The second-order valence-electron chi connectivity index (χ2n) is 7.07. The quantitative estimate of drug-likeness (QED) is 0.348. The van der Waals surface area contributed by atoms with Crippen LogP contribution in [0.2, 0.25) is 0 Å². The lowest BCUT2D eigenvalue weighted by Gasteiger charge is -2.07. The van der Waals surface area contributed by atoms with Gasteiger partial charge in [-0.25, -0.2) is 0 Å². The van der Waals surface area contributed by atoms with Crippen molar-refractivity contribution in [3.05, 3.63) is 84.8 Å². The first-order chi connectivity index (χ1) is 15.7. The Morgan fingerprint density at radius 2 is 1.62 bits per heavy atom. The zero-order chi connectivity index (χ0) is 22.2. The molecule has 0 bridgehead atoms. The number of methoxy groups -OCH3 is 1. The van der Waals surface area contributed by atoms with Crippen LogP contribution >= 0.6 is 11.8 Å². The van der Waals surface area contributed by atoms with Crippen molar-refractivity contribution < 1.29 is 13.9 Å². The highest BCUT2D eigenvalue weighted by Crippen LogP contribution is 2.29. The number of rotatable bonds is 9. The smallest absolute Gasteiger partial charge is 0.247 e. The van der Waals surface area contributed by atoms with Crippen molar-refractivity contribution in [1.29, 1.82) is 0 Å². The van der Waals surface area contributed by atoms with Crippen LogP contribution in [-0.2, 0) is 11.2 Å². The number of aromatic nitrogens is 2. The molecule has 162 valence electrons. The molecule has 0 unspecified atom stereocenters. The van der Waals surface area contributed by atoms with E-state index in [4.69, 9.17) is 9.15 Å². The Labute approximate surface area is 191 Å². The van der Waals surface area contributed by atoms with Crippen LogP contribution in [-0.4, -0.2) is 23.2 Å². The molecule has 0 spiro atoms. The summed E-state index contributed by atoms with van der Waals surface area (Å²) in [5.41, 5.74) is 1.66. The van der Waals surface area contributed by atoms with Crippen molar-refractivity contribution in [3.63, 3.8) is 0 Å². The monoisotopic (exact) mass is 445 g/mol. The van der Waals surface area contributed by atoms with Crippen molar-refractivity contribution >= 4 is 23.4 Å². The van der Waals surface area contributed by atoms with E-state index in [-0.39, 0.29) is 5.91 Å². The standard InChI is InChI=1S/C25H23N3O3S/c1-30-20-12-16-22(17-13-20)32-21-14-10-19(11-15-21)26-23(29)8-5-9-24-27-28-25(31-24)18-6-3-2-4-7-18/h2-4,6-7,10-17H,5,8-9H2,1H3,(H,26,29). The average Bonchev–Trinajstić information content (AvgIpc) is 3.30. The topological polar surface area (TPSA) is 77.2 Å². The molecule has 0 fully saturated rings. The van der Waals surface area contributed by atoms with Gasteiger partial charge in [0, 0.05) is 33.9 Å². The highest BCUT2D eigenvalue weighted by molar-refractivity contribution is 7.99. The maximum absolute atomic E-state index is 12.3. The third-order valence-electron chi connectivity index (χ3n) is 4.72. The molecule has 0 aliphatic rings. The molecule has 0 aliphatic heterocycles. The molecule has 0 saturated carbocycles. The van der Waals surface area contributed by atoms with Crippen LogP contribution in [0.25, 0.3) is 11.5 Å². The van der Waals surface area contributed by atoms with E-state index in [0.29, 0.717) is 31.0 Å². The molecule has 1 heterocycles. The summed E-state index contributed by atoms with van der Waals surface area (Å²) in [6.07, 6.45) is 1.57. The molecule has 0 atom stereocenters. The van der Waals surface area contributed by atoms with E-state index in [1.165, 1.54) is 0 Å². The van der Waals surface area contributed by atoms with E-state index in [2.05, 4.69) is 15.5 Å². The highest BCUT2D eigenvalue weighted by Gasteiger charge is 2.09. The maximum atomic E-state index is 12.3. The molecule has 1 aromatic heterocycles. The molecule has 4 rings (SSSR count). The lowest BCUT2D eigenvalue weighted by atomic mass is 10.2. The van der Waals surface area contributed by atoms with Gasteiger partial charge in [0.25, 0.3) is 0 Å². The average molecular weight is 446 g/mol. The van der Waals surface area contributed by atoms with Gasteiger partial charge in [-0.05, 0) is 67.1 Å². The van der Waals surface area contributed by atoms with E-state index < -0.39 is 0 Å². The minimum absolute atomic E-state index is 0.0386. The van der Waals surface area contributed by atoms with Crippen molar-refractivity contribution in [2.45, 2.75) is 29.1 Å². The van der Waals surface area contributed by atoms with Gasteiger partial charge in [0.2, 0.25) is 17.7 Å². The van der Waals surface area contributed by atoms with Gasteiger partial charge in [-0.15, -0.1) is 10.2 Å². The van der Waals surface area contributed by atoms with Crippen molar-refractivity contribution in [3.8, 4) is 17.2 Å². The van der Waals surface area contributed by atoms with Crippen LogP contribution in [0.4, 0.5) is 5.69 Å². The van der Waals surface area contributed by atoms with Gasteiger partial charge in [0.1, 0.15) is 5.75 Å². The largest absolute Gasteiger partial charge is 0.497 e. The van der Waals surface area contributed by atoms with Crippen molar-refractivity contribution in [2.24, 2.45) is 0 Å². The first-order valence-corrected chi connectivity index (χ1v) is 11.1. The molecule has 4 aromatic rings. The summed E-state index contributed by atoms with van der Waals surface area (Å²) in [5, 5.41) is 11.1. The minimum Gasteiger partial charge on any atom is -0.497 e. The second-order valence-corrected chi connectivity index (χ2v) is 8.22. The SMILES string of the molecule is COc1ccc(Sc2ccc(NC(=O)CCCc3nnc(-c4ccccc4)o3)cc2)cc1. The summed E-state index contributed by atoms with van der Waals surface area (Å²) >= 11 is 1.65. The molecule has 7 heteroatoms. The lowest BCUT2D eigenvalue weighted by molar-refractivity contribution is -0.116. The molecule has 6 nitrogen and oxygen atoms in total. The number of amides is 1. The number of hydrogen-bond acceptors (Lipinski definition) is 6. The Bertz CT molecular complexity index is 1140. The molecule has 0 radical (unpaired) electrons. The zero-order valence-electron chi connectivity index (χ0n) is 17.7. The zero-order valence-corrected chi connectivity index (χ0v) is 18.5. The van der Waals surface area contributed by atoms with Gasteiger partial charge >= 0.3 is 0 Å². The number of benzene rings is 3. The third-order valence-corrected chi connectivity index (χ3v) is 5.73. The molecule has 0 aliphatic carbocycles. The molecule has 1 N–H and O–H groups in total. The fourth-order valence-electron chi connectivity index (χ4n) is 3.06. The number of nitrogens with zero attached hydrogens (tertiary/aromatic N) is 2. The second kappa shape index (κ2) is 10.6. The summed E-state index contributed by atoms with van der Waals surface area (Å²) in [6.45, 7) is 0. The Hall–Kier alpha value is -3.58. The van der Waals surface area contributed by atoms with Crippen molar-refractivity contribution in [1.82, 2.24) is 10.2 Å². The Morgan fingerprint density at radius 1 is 0.938 bits per heavy atom. The van der Waals surface area contributed by atoms with Crippen LogP contribution in [0.3, 0.4) is 0 Å². The van der Waals surface area contributed by atoms with Crippen LogP contribution in [0, 0.1) is 0 Å². The molecule has 1 amide bonds. The molecular weight excluding hydrogens is 422 g/mol. The lowest BCUT2D eigenvalue weighted by Crippen LogP contribution is -2.11. The Morgan fingerprint density at radius 3 is 2.31 bits per heavy atom. The van der Waals surface area contributed by atoms with E-state index in [1.54, 1.807) is 18.9 Å². The van der Waals surface area contributed by atoms with Crippen molar-refractivity contribution in [2.75, 3.05) is 12.4 Å². The maximum Gasteiger partial charge on any atom is 0.247 e. The highest BCUT2D eigenvalue weighted by atomic mass is 32.2. The molecule has 0 saturated heterocycles. The minimum atomic E-state index is -0.0386. The molecule has 3 aromatic carbocycles. The first kappa shape index (κ1) is 21.6. The van der Waals surface area contributed by atoms with Gasteiger partial charge in [-0.1, -0.05) is 30.0 Å². The summed E-state index contributed by atoms with van der Waals surface area (Å²) in [4.78, 5) is 14.5. The number of nitrogens with one attached hydrogen (secondary N) is 1. The predicted molar refractivity (Wildman–Crippen MR) is 125 cm³/mol.